The highest BCUT2D eigenvalue weighted by Gasteiger charge is 2.34. The summed E-state index contributed by atoms with van der Waals surface area (Å²) in [6, 6.07) is 3.97. The van der Waals surface area contributed by atoms with Gasteiger partial charge in [0.2, 0.25) is 11.8 Å². The number of amides is 1. The van der Waals surface area contributed by atoms with Crippen LogP contribution in [0.25, 0.3) is 0 Å². The van der Waals surface area contributed by atoms with E-state index in [9.17, 15) is 4.79 Å². The number of rotatable bonds is 5. The van der Waals surface area contributed by atoms with Gasteiger partial charge in [-0.1, -0.05) is 0 Å². The molecule has 0 radical (unpaired) electrons. The highest BCUT2D eigenvalue weighted by molar-refractivity contribution is 5.86. The van der Waals surface area contributed by atoms with E-state index in [1.807, 2.05) is 17.9 Å². The van der Waals surface area contributed by atoms with Crippen molar-refractivity contribution in [2.45, 2.75) is 44.7 Å². The predicted molar refractivity (Wildman–Crippen MR) is 74.7 cm³/mol. The average Bonchev–Trinajstić information content (AvgIpc) is 3.13. The normalized spacial score (nSPS) is 21.9. The SMILES string of the molecule is CCOc1ccc(N2CCC[C@H]2C(=O)NC2CC2)nn1. The second-order valence-electron chi connectivity index (χ2n) is 5.30. The maximum absolute atomic E-state index is 12.2. The highest BCUT2D eigenvalue weighted by atomic mass is 16.5. The van der Waals surface area contributed by atoms with Crippen LogP contribution in [0.5, 0.6) is 5.88 Å². The van der Waals surface area contributed by atoms with E-state index in [0.29, 0.717) is 18.5 Å². The molecule has 1 amide bonds. The molecule has 1 aliphatic carbocycles. The molecule has 2 fully saturated rings. The zero-order chi connectivity index (χ0) is 13.9. The molecule has 0 unspecified atom stereocenters. The van der Waals surface area contributed by atoms with Crippen LogP contribution < -0.4 is 15.0 Å². The van der Waals surface area contributed by atoms with Crippen molar-refractivity contribution in [3.05, 3.63) is 12.1 Å². The maximum atomic E-state index is 12.2. The summed E-state index contributed by atoms with van der Waals surface area (Å²) >= 11 is 0. The fourth-order valence-electron chi connectivity index (χ4n) is 2.53. The summed E-state index contributed by atoms with van der Waals surface area (Å²) < 4.78 is 5.29. The molecule has 6 nitrogen and oxygen atoms in total. The van der Waals surface area contributed by atoms with Crippen molar-refractivity contribution in [3.8, 4) is 5.88 Å². The number of nitrogens with zero attached hydrogens (tertiary/aromatic N) is 3. The van der Waals surface area contributed by atoms with Crippen molar-refractivity contribution in [1.82, 2.24) is 15.5 Å². The van der Waals surface area contributed by atoms with Gasteiger partial charge in [0.05, 0.1) is 6.61 Å². The second-order valence-corrected chi connectivity index (χ2v) is 5.30. The molecule has 1 N–H and O–H groups in total. The van der Waals surface area contributed by atoms with Crippen molar-refractivity contribution < 1.29 is 9.53 Å². The van der Waals surface area contributed by atoms with E-state index in [-0.39, 0.29) is 11.9 Å². The fraction of sp³-hybridized carbons (Fsp3) is 0.643. The van der Waals surface area contributed by atoms with Gasteiger partial charge in [-0.25, -0.2) is 0 Å². The second kappa shape index (κ2) is 5.64. The van der Waals surface area contributed by atoms with Crippen LogP contribution in [0.2, 0.25) is 0 Å². The molecule has 2 heterocycles. The van der Waals surface area contributed by atoms with Gasteiger partial charge in [0, 0.05) is 18.7 Å². The molecule has 1 aromatic heterocycles. The van der Waals surface area contributed by atoms with Gasteiger partial charge in [-0.05, 0) is 38.7 Å². The Morgan fingerprint density at radius 1 is 1.40 bits per heavy atom. The van der Waals surface area contributed by atoms with Crippen molar-refractivity contribution in [3.63, 3.8) is 0 Å². The van der Waals surface area contributed by atoms with Crippen LogP contribution in [0.3, 0.4) is 0 Å². The van der Waals surface area contributed by atoms with Crippen LogP contribution in [0.1, 0.15) is 32.6 Å². The van der Waals surface area contributed by atoms with E-state index in [0.717, 1.165) is 38.0 Å². The number of hydrogen-bond donors (Lipinski definition) is 1. The molecule has 20 heavy (non-hydrogen) atoms. The average molecular weight is 276 g/mol. The Kier molecular flexibility index (Phi) is 3.71. The number of anilines is 1. The number of ether oxygens (including phenoxy) is 1. The van der Waals surface area contributed by atoms with Gasteiger partial charge in [0.25, 0.3) is 0 Å². The molecule has 6 heteroatoms. The third-order valence-corrected chi connectivity index (χ3v) is 3.69. The summed E-state index contributed by atoms with van der Waals surface area (Å²) in [4.78, 5) is 14.3. The summed E-state index contributed by atoms with van der Waals surface area (Å²) in [5.41, 5.74) is 0. The van der Waals surface area contributed by atoms with Crippen LogP contribution in [-0.2, 0) is 4.79 Å². The van der Waals surface area contributed by atoms with Crippen LogP contribution in [0.4, 0.5) is 5.82 Å². The third-order valence-electron chi connectivity index (χ3n) is 3.69. The maximum Gasteiger partial charge on any atom is 0.242 e. The van der Waals surface area contributed by atoms with Gasteiger partial charge < -0.3 is 15.0 Å². The minimum absolute atomic E-state index is 0.108. The lowest BCUT2D eigenvalue weighted by molar-refractivity contribution is -0.122. The molecular weight excluding hydrogens is 256 g/mol. The zero-order valence-electron chi connectivity index (χ0n) is 11.7. The summed E-state index contributed by atoms with van der Waals surface area (Å²) in [7, 11) is 0. The molecule has 1 aromatic rings. The molecule has 0 aromatic carbocycles. The first kappa shape index (κ1) is 13.1. The minimum atomic E-state index is -0.108. The zero-order valence-corrected chi connectivity index (χ0v) is 11.7. The molecule has 1 atom stereocenters. The Morgan fingerprint density at radius 2 is 2.25 bits per heavy atom. The van der Waals surface area contributed by atoms with Crippen molar-refractivity contribution >= 4 is 11.7 Å². The van der Waals surface area contributed by atoms with Gasteiger partial charge in [-0.2, -0.15) is 0 Å². The highest BCUT2D eigenvalue weighted by Crippen LogP contribution is 2.26. The summed E-state index contributed by atoms with van der Waals surface area (Å²) in [6.07, 6.45) is 4.12. The Hall–Kier alpha value is -1.85. The van der Waals surface area contributed by atoms with Crippen LogP contribution >= 0.6 is 0 Å². The molecule has 1 saturated carbocycles. The molecule has 3 rings (SSSR count). The number of aromatic nitrogens is 2. The van der Waals surface area contributed by atoms with E-state index >= 15 is 0 Å². The summed E-state index contributed by atoms with van der Waals surface area (Å²) in [6.45, 7) is 3.34. The lowest BCUT2D eigenvalue weighted by atomic mass is 10.2. The van der Waals surface area contributed by atoms with Crippen LogP contribution in [-0.4, -0.2) is 41.3 Å². The third kappa shape index (κ3) is 2.84. The molecule has 0 spiro atoms. The number of nitrogens with one attached hydrogen (secondary N) is 1. The number of hydrogen-bond acceptors (Lipinski definition) is 5. The molecule has 108 valence electrons. The predicted octanol–water partition coefficient (Wildman–Crippen LogP) is 1.12. The molecule has 1 saturated heterocycles. The summed E-state index contributed by atoms with van der Waals surface area (Å²) in [5.74, 6) is 1.40. The Balaban J connectivity index is 1.68. The first-order valence-corrected chi connectivity index (χ1v) is 7.31. The molecule has 1 aliphatic heterocycles. The van der Waals surface area contributed by atoms with Crippen LogP contribution in [0.15, 0.2) is 12.1 Å². The van der Waals surface area contributed by atoms with Crippen molar-refractivity contribution in [2.75, 3.05) is 18.1 Å². The van der Waals surface area contributed by atoms with Crippen LogP contribution in [0, 0.1) is 0 Å². The number of carbonyl (C=O) groups is 1. The number of carbonyl (C=O) groups excluding carboxylic acids is 1. The molecular formula is C14H20N4O2. The van der Waals surface area contributed by atoms with Gasteiger partial charge >= 0.3 is 0 Å². The lowest BCUT2D eigenvalue weighted by Gasteiger charge is -2.24. The minimum Gasteiger partial charge on any atom is -0.477 e. The van der Waals surface area contributed by atoms with E-state index in [1.165, 1.54) is 0 Å². The Morgan fingerprint density at radius 3 is 2.90 bits per heavy atom. The van der Waals surface area contributed by atoms with Gasteiger partial charge in [0.1, 0.15) is 6.04 Å². The van der Waals surface area contributed by atoms with Gasteiger partial charge in [0.15, 0.2) is 5.82 Å². The largest absolute Gasteiger partial charge is 0.477 e. The van der Waals surface area contributed by atoms with E-state index in [4.69, 9.17) is 4.74 Å². The first-order chi connectivity index (χ1) is 9.78. The van der Waals surface area contributed by atoms with Crippen molar-refractivity contribution in [2.24, 2.45) is 0 Å². The van der Waals surface area contributed by atoms with E-state index in [1.54, 1.807) is 6.07 Å². The summed E-state index contributed by atoms with van der Waals surface area (Å²) in [5, 5.41) is 11.3. The molecule has 0 bridgehead atoms. The van der Waals surface area contributed by atoms with Crippen molar-refractivity contribution in [1.29, 1.82) is 0 Å². The first-order valence-electron chi connectivity index (χ1n) is 7.31. The Bertz CT molecular complexity index is 473. The smallest absolute Gasteiger partial charge is 0.242 e. The lowest BCUT2D eigenvalue weighted by Crippen LogP contribution is -2.44. The Labute approximate surface area is 118 Å². The monoisotopic (exact) mass is 276 g/mol. The quantitative estimate of drug-likeness (QED) is 0.873. The van der Waals surface area contributed by atoms with E-state index in [2.05, 4.69) is 15.5 Å². The van der Waals surface area contributed by atoms with E-state index < -0.39 is 0 Å². The van der Waals surface area contributed by atoms with Gasteiger partial charge in [-0.15, -0.1) is 10.2 Å². The fourth-order valence-corrected chi connectivity index (χ4v) is 2.53. The standard InChI is InChI=1S/C14H20N4O2/c1-2-20-13-8-7-12(16-17-13)18-9-3-4-11(18)14(19)15-10-5-6-10/h7-8,10-11H,2-6,9H2,1H3,(H,15,19)/t11-/m0/s1. The molecule has 2 aliphatic rings. The van der Waals surface area contributed by atoms with Gasteiger partial charge in [-0.3, -0.25) is 4.79 Å². The topological polar surface area (TPSA) is 67.3 Å².